The molecule has 222 valence electrons. The third-order valence-corrected chi connectivity index (χ3v) is 13.3. The van der Waals surface area contributed by atoms with Crippen molar-refractivity contribution in [3.8, 4) is 72.4 Å². The van der Waals surface area contributed by atoms with Crippen LogP contribution in [0.3, 0.4) is 0 Å². The SMILES string of the molecule is Cc1ccc(-c2ccc(-c3ccc(-c4ccc(-c5ccc(-c6ccc(-c7ccc(-c8ccc(C)cc8)cc7)s6)s5)s4)s3)cc2)cc1. The first-order chi connectivity index (χ1) is 22.6. The van der Waals surface area contributed by atoms with Crippen LogP contribution in [0.4, 0.5) is 0 Å². The van der Waals surface area contributed by atoms with Crippen LogP contribution in [-0.4, -0.2) is 0 Å². The minimum Gasteiger partial charge on any atom is -0.134 e. The van der Waals surface area contributed by atoms with E-state index in [-0.39, 0.29) is 0 Å². The Hall–Kier alpha value is -4.32. The third kappa shape index (κ3) is 5.97. The van der Waals surface area contributed by atoms with Gasteiger partial charge in [0.15, 0.2) is 0 Å². The standard InChI is InChI=1S/C42H30S4/c1-27-3-7-29(8-4-27)31-11-15-33(16-12-31)35-19-21-37(43-35)39-23-25-41(45-39)42-26-24-40(46-42)38-22-20-36(44-38)34-17-13-32(14-18-34)30-9-5-28(2)6-10-30/h3-26H,1-2H3. The molecule has 0 aliphatic carbocycles. The quantitative estimate of drug-likeness (QED) is 0.159. The van der Waals surface area contributed by atoms with Crippen LogP contribution >= 0.6 is 45.3 Å². The summed E-state index contributed by atoms with van der Waals surface area (Å²) >= 11 is 7.51. The highest BCUT2D eigenvalue weighted by molar-refractivity contribution is 7.29. The highest BCUT2D eigenvalue weighted by Crippen LogP contribution is 2.45. The predicted octanol–water partition coefficient (Wildman–Crippen LogP) is 14.2. The highest BCUT2D eigenvalue weighted by Gasteiger charge is 2.13. The molecule has 8 rings (SSSR count). The van der Waals surface area contributed by atoms with Gasteiger partial charge in [-0.1, -0.05) is 108 Å². The van der Waals surface area contributed by atoms with Gasteiger partial charge < -0.3 is 0 Å². The molecule has 46 heavy (non-hydrogen) atoms. The summed E-state index contributed by atoms with van der Waals surface area (Å²) in [6.07, 6.45) is 0. The van der Waals surface area contributed by atoms with E-state index >= 15 is 0 Å². The first-order valence-corrected chi connectivity index (χ1v) is 18.6. The smallest absolute Gasteiger partial charge is 0.0449 e. The first kappa shape index (κ1) is 29.1. The van der Waals surface area contributed by atoms with E-state index in [2.05, 4.69) is 159 Å². The molecule has 4 aromatic carbocycles. The fourth-order valence-corrected chi connectivity index (χ4v) is 9.91. The molecule has 0 unspecified atom stereocenters. The molecule has 0 bridgehead atoms. The number of hydrogen-bond acceptors (Lipinski definition) is 4. The fraction of sp³-hybridized carbons (Fsp3) is 0.0476. The summed E-state index contributed by atoms with van der Waals surface area (Å²) in [5.41, 5.74) is 10.1. The summed E-state index contributed by atoms with van der Waals surface area (Å²) in [5.74, 6) is 0. The largest absolute Gasteiger partial charge is 0.134 e. The van der Waals surface area contributed by atoms with E-state index in [1.807, 2.05) is 45.3 Å². The summed E-state index contributed by atoms with van der Waals surface area (Å²) in [4.78, 5) is 10.5. The monoisotopic (exact) mass is 662 g/mol. The van der Waals surface area contributed by atoms with Crippen LogP contribution in [0.25, 0.3) is 72.4 Å². The van der Waals surface area contributed by atoms with Crippen molar-refractivity contribution in [3.05, 3.63) is 157 Å². The van der Waals surface area contributed by atoms with E-state index in [1.54, 1.807) is 0 Å². The number of hydrogen-bond donors (Lipinski definition) is 0. The molecule has 0 N–H and O–H groups in total. The van der Waals surface area contributed by atoms with Crippen molar-refractivity contribution in [1.82, 2.24) is 0 Å². The summed E-state index contributed by atoms with van der Waals surface area (Å²) in [6, 6.07) is 53.5. The van der Waals surface area contributed by atoms with Gasteiger partial charge >= 0.3 is 0 Å². The Labute approximate surface area is 286 Å². The second-order valence-corrected chi connectivity index (χ2v) is 15.9. The van der Waals surface area contributed by atoms with E-state index in [1.165, 1.54) is 83.5 Å². The molecular formula is C42H30S4. The molecule has 4 heterocycles. The summed E-state index contributed by atoms with van der Waals surface area (Å²) in [7, 11) is 0. The predicted molar refractivity (Wildman–Crippen MR) is 205 cm³/mol. The lowest BCUT2D eigenvalue weighted by Gasteiger charge is -2.04. The minimum absolute atomic E-state index is 1.25. The second-order valence-electron chi connectivity index (χ2n) is 11.5. The van der Waals surface area contributed by atoms with Gasteiger partial charge in [-0.15, -0.1) is 45.3 Å². The zero-order chi connectivity index (χ0) is 31.0. The Bertz CT molecular complexity index is 2070. The van der Waals surface area contributed by atoms with E-state index in [0.717, 1.165) is 0 Å². The van der Waals surface area contributed by atoms with Crippen molar-refractivity contribution in [2.24, 2.45) is 0 Å². The fourth-order valence-electron chi connectivity index (χ4n) is 5.60. The van der Waals surface area contributed by atoms with Crippen LogP contribution in [0, 0.1) is 13.8 Å². The van der Waals surface area contributed by atoms with Gasteiger partial charge in [-0.05, 0) is 95.8 Å². The number of rotatable bonds is 7. The lowest BCUT2D eigenvalue weighted by Crippen LogP contribution is -1.79. The molecule has 0 fully saturated rings. The zero-order valence-corrected chi connectivity index (χ0v) is 28.8. The first-order valence-electron chi connectivity index (χ1n) is 15.3. The van der Waals surface area contributed by atoms with Crippen molar-refractivity contribution in [1.29, 1.82) is 0 Å². The molecule has 0 radical (unpaired) electrons. The average molecular weight is 663 g/mol. The van der Waals surface area contributed by atoms with Crippen molar-refractivity contribution in [2.75, 3.05) is 0 Å². The minimum atomic E-state index is 1.25. The molecule has 0 saturated carbocycles. The van der Waals surface area contributed by atoms with Crippen molar-refractivity contribution < 1.29 is 0 Å². The van der Waals surface area contributed by atoms with Gasteiger partial charge in [0.2, 0.25) is 0 Å². The summed E-state index contributed by atoms with van der Waals surface area (Å²) in [6.45, 7) is 4.26. The second kappa shape index (κ2) is 12.5. The van der Waals surface area contributed by atoms with Crippen LogP contribution in [0.1, 0.15) is 11.1 Å². The number of thiophene rings is 4. The van der Waals surface area contributed by atoms with Crippen LogP contribution in [0.2, 0.25) is 0 Å². The lowest BCUT2D eigenvalue weighted by atomic mass is 10.0. The molecule has 0 saturated heterocycles. The van der Waals surface area contributed by atoms with Crippen molar-refractivity contribution in [3.63, 3.8) is 0 Å². The van der Waals surface area contributed by atoms with Crippen molar-refractivity contribution >= 4 is 45.3 Å². The van der Waals surface area contributed by atoms with E-state index in [4.69, 9.17) is 0 Å². The van der Waals surface area contributed by atoms with Gasteiger partial charge in [0.25, 0.3) is 0 Å². The van der Waals surface area contributed by atoms with Crippen LogP contribution in [0.5, 0.6) is 0 Å². The van der Waals surface area contributed by atoms with Gasteiger partial charge in [0, 0.05) is 39.0 Å². The molecule has 0 amide bonds. The van der Waals surface area contributed by atoms with E-state index in [9.17, 15) is 0 Å². The third-order valence-electron chi connectivity index (χ3n) is 8.26. The van der Waals surface area contributed by atoms with Gasteiger partial charge in [-0.3, -0.25) is 0 Å². The maximum absolute atomic E-state index is 2.28. The molecule has 4 aromatic heterocycles. The maximum atomic E-state index is 2.28. The topological polar surface area (TPSA) is 0 Å². The highest BCUT2D eigenvalue weighted by atomic mass is 32.1. The Kier molecular flexibility index (Phi) is 7.89. The van der Waals surface area contributed by atoms with Gasteiger partial charge in [0.1, 0.15) is 0 Å². The van der Waals surface area contributed by atoms with E-state index < -0.39 is 0 Å². The summed E-state index contributed by atoms with van der Waals surface area (Å²) in [5, 5.41) is 0. The Balaban J connectivity index is 0.961. The Morgan fingerprint density at radius 2 is 0.413 bits per heavy atom. The molecule has 0 spiro atoms. The molecule has 8 aromatic rings. The van der Waals surface area contributed by atoms with Gasteiger partial charge in [-0.25, -0.2) is 0 Å². The summed E-state index contributed by atoms with van der Waals surface area (Å²) < 4.78 is 0. The van der Waals surface area contributed by atoms with E-state index in [0.29, 0.717) is 0 Å². The van der Waals surface area contributed by atoms with Gasteiger partial charge in [0.05, 0.1) is 0 Å². The maximum Gasteiger partial charge on any atom is 0.0449 e. The lowest BCUT2D eigenvalue weighted by molar-refractivity contribution is 1.47. The number of benzene rings is 4. The normalized spacial score (nSPS) is 11.3. The average Bonchev–Trinajstić information content (AvgIpc) is 3.92. The van der Waals surface area contributed by atoms with Crippen LogP contribution in [0.15, 0.2) is 146 Å². The Morgan fingerprint density at radius 1 is 0.217 bits per heavy atom. The van der Waals surface area contributed by atoms with Gasteiger partial charge in [-0.2, -0.15) is 0 Å². The van der Waals surface area contributed by atoms with Crippen LogP contribution in [-0.2, 0) is 0 Å². The molecule has 0 aliphatic heterocycles. The van der Waals surface area contributed by atoms with Crippen LogP contribution < -0.4 is 0 Å². The molecule has 0 nitrogen and oxygen atoms in total. The molecular weight excluding hydrogens is 633 g/mol. The molecule has 0 aliphatic rings. The Morgan fingerprint density at radius 3 is 0.696 bits per heavy atom. The number of aryl methyl sites for hydroxylation is 2. The van der Waals surface area contributed by atoms with Crippen molar-refractivity contribution in [2.45, 2.75) is 13.8 Å². The zero-order valence-electron chi connectivity index (χ0n) is 25.5. The molecule has 0 atom stereocenters. The molecule has 4 heteroatoms.